The number of nitrogens with one attached hydrogen (secondary N) is 1. The van der Waals surface area contributed by atoms with E-state index in [1.807, 2.05) is 19.9 Å². The molecule has 2 N–H and O–H groups in total. The van der Waals surface area contributed by atoms with E-state index >= 15 is 0 Å². The van der Waals surface area contributed by atoms with E-state index in [0.717, 1.165) is 12.0 Å². The third-order valence-corrected chi connectivity index (χ3v) is 6.15. The van der Waals surface area contributed by atoms with Gasteiger partial charge in [0.25, 0.3) is 0 Å². The molecule has 2 aromatic carbocycles. The zero-order chi connectivity index (χ0) is 23.9. The van der Waals surface area contributed by atoms with E-state index in [2.05, 4.69) is 5.32 Å². The Kier molecular flexibility index (Phi) is 5.93. The third-order valence-electron chi connectivity index (χ3n) is 6.15. The maximum absolute atomic E-state index is 12.9. The van der Waals surface area contributed by atoms with Crippen LogP contribution in [-0.2, 0) is 17.6 Å². The first-order valence-electron chi connectivity index (χ1n) is 11.0. The van der Waals surface area contributed by atoms with Crippen molar-refractivity contribution in [2.24, 2.45) is 0 Å². The Morgan fingerprint density at radius 2 is 2.06 bits per heavy atom. The van der Waals surface area contributed by atoms with Gasteiger partial charge in [0.05, 0.1) is 30.6 Å². The number of benzene rings is 2. The Hall–Kier alpha value is -3.32. The average molecular weight is 452 g/mol. The molecule has 1 amide bonds. The van der Waals surface area contributed by atoms with E-state index in [-0.39, 0.29) is 23.5 Å². The fraction of sp³-hybridized carbons (Fsp3) is 0.385. The highest BCUT2D eigenvalue weighted by atomic mass is 16.5. The third kappa shape index (κ3) is 4.46. The lowest BCUT2D eigenvalue weighted by Crippen LogP contribution is -2.32. The molecule has 1 aliphatic rings. The van der Waals surface area contributed by atoms with Gasteiger partial charge in [-0.05, 0) is 63.8 Å². The number of aliphatic hydroxyl groups excluding tert-OH is 1. The summed E-state index contributed by atoms with van der Waals surface area (Å²) >= 11 is 0. The van der Waals surface area contributed by atoms with Gasteiger partial charge in [0.15, 0.2) is 0 Å². The number of carbonyl (C=O) groups excluding carboxylic acids is 1. The van der Waals surface area contributed by atoms with E-state index in [1.165, 1.54) is 0 Å². The second kappa shape index (κ2) is 8.56. The molecule has 0 bridgehead atoms. The average Bonchev–Trinajstić information content (AvgIpc) is 2.75. The van der Waals surface area contributed by atoms with Crippen LogP contribution in [0.4, 0.5) is 5.69 Å². The zero-order valence-corrected chi connectivity index (χ0v) is 19.6. The summed E-state index contributed by atoms with van der Waals surface area (Å²) < 4.78 is 17.5. The number of fused-ring (bicyclic) bond motifs is 3. The first-order valence-corrected chi connectivity index (χ1v) is 11.0. The second-order valence-electron chi connectivity index (χ2n) is 9.14. The molecule has 7 heteroatoms. The molecule has 0 radical (unpaired) electrons. The van der Waals surface area contributed by atoms with Crippen molar-refractivity contribution in [2.75, 3.05) is 12.4 Å². The topological polar surface area (TPSA) is 98.0 Å². The number of ether oxygens (including phenoxy) is 2. The van der Waals surface area contributed by atoms with Crippen molar-refractivity contribution in [3.05, 3.63) is 63.0 Å². The molecule has 3 aromatic rings. The summed E-state index contributed by atoms with van der Waals surface area (Å²) in [6, 6.07) is 8.80. The van der Waals surface area contributed by atoms with Gasteiger partial charge >= 0.3 is 5.63 Å². The molecule has 1 aliphatic heterocycles. The van der Waals surface area contributed by atoms with Crippen LogP contribution in [0.5, 0.6) is 11.5 Å². The number of anilines is 1. The standard InChI is InChI=1S/C26H29NO6/c1-14-19(12-22(29)27-17-8-6-7-16(11-17)15(2)28)25(30)32-24-18-9-10-26(3,4)33-20(18)13-21(31-5)23(14)24/h6-8,11,13,15,28H,9-10,12H2,1-5H3,(H,27,29). The van der Waals surface area contributed by atoms with Crippen LogP contribution in [0.1, 0.15) is 55.5 Å². The van der Waals surface area contributed by atoms with Crippen LogP contribution in [0, 0.1) is 6.92 Å². The zero-order valence-electron chi connectivity index (χ0n) is 19.6. The van der Waals surface area contributed by atoms with Crippen LogP contribution in [0.2, 0.25) is 0 Å². The van der Waals surface area contributed by atoms with Crippen molar-refractivity contribution in [1.29, 1.82) is 0 Å². The van der Waals surface area contributed by atoms with E-state index in [1.54, 1.807) is 45.2 Å². The molecule has 2 heterocycles. The fourth-order valence-corrected chi connectivity index (χ4v) is 4.29. The highest BCUT2D eigenvalue weighted by Gasteiger charge is 2.31. The second-order valence-corrected chi connectivity index (χ2v) is 9.14. The maximum atomic E-state index is 12.9. The van der Waals surface area contributed by atoms with E-state index in [9.17, 15) is 14.7 Å². The normalized spacial score (nSPS) is 15.5. The van der Waals surface area contributed by atoms with Crippen LogP contribution in [0.3, 0.4) is 0 Å². The fourth-order valence-electron chi connectivity index (χ4n) is 4.29. The molecule has 1 atom stereocenters. The first kappa shape index (κ1) is 22.9. The highest BCUT2D eigenvalue weighted by Crippen LogP contribution is 2.43. The summed E-state index contributed by atoms with van der Waals surface area (Å²) in [4.78, 5) is 25.7. The van der Waals surface area contributed by atoms with Crippen molar-refractivity contribution in [3.63, 3.8) is 0 Å². The molecular formula is C26H29NO6. The number of amides is 1. The highest BCUT2D eigenvalue weighted by molar-refractivity contribution is 5.95. The number of rotatable bonds is 5. The Morgan fingerprint density at radius 3 is 2.76 bits per heavy atom. The number of methoxy groups -OCH3 is 1. The van der Waals surface area contributed by atoms with Crippen molar-refractivity contribution in [2.45, 2.75) is 58.7 Å². The molecule has 33 heavy (non-hydrogen) atoms. The molecule has 4 rings (SSSR count). The quantitative estimate of drug-likeness (QED) is 0.556. The lowest BCUT2D eigenvalue weighted by Gasteiger charge is -2.33. The molecule has 0 spiro atoms. The van der Waals surface area contributed by atoms with E-state index < -0.39 is 11.7 Å². The smallest absolute Gasteiger partial charge is 0.340 e. The van der Waals surface area contributed by atoms with Gasteiger partial charge in [-0.25, -0.2) is 4.79 Å². The summed E-state index contributed by atoms with van der Waals surface area (Å²) in [5.41, 5.74) is 2.60. The van der Waals surface area contributed by atoms with Gasteiger partial charge in [0.2, 0.25) is 5.91 Å². The number of hydrogen-bond acceptors (Lipinski definition) is 6. The lowest BCUT2D eigenvalue weighted by molar-refractivity contribution is -0.115. The largest absolute Gasteiger partial charge is 0.496 e. The molecule has 1 unspecified atom stereocenters. The van der Waals surface area contributed by atoms with Crippen molar-refractivity contribution >= 4 is 22.6 Å². The molecular weight excluding hydrogens is 422 g/mol. The number of aryl methyl sites for hydroxylation is 2. The van der Waals surface area contributed by atoms with Gasteiger partial charge in [-0.1, -0.05) is 12.1 Å². The predicted octanol–water partition coefficient (Wildman–Crippen LogP) is 4.45. The summed E-state index contributed by atoms with van der Waals surface area (Å²) in [5.74, 6) is 0.838. The monoisotopic (exact) mass is 451 g/mol. The van der Waals surface area contributed by atoms with Gasteiger partial charge in [-0.15, -0.1) is 0 Å². The Balaban J connectivity index is 1.71. The summed E-state index contributed by atoms with van der Waals surface area (Å²) in [7, 11) is 1.56. The lowest BCUT2D eigenvalue weighted by atomic mass is 9.91. The molecule has 0 aliphatic carbocycles. The Morgan fingerprint density at radius 1 is 1.30 bits per heavy atom. The van der Waals surface area contributed by atoms with Gasteiger partial charge in [0.1, 0.15) is 22.7 Å². The predicted molar refractivity (Wildman–Crippen MR) is 126 cm³/mol. The van der Waals surface area contributed by atoms with Crippen molar-refractivity contribution in [3.8, 4) is 11.5 Å². The minimum atomic E-state index is -0.649. The summed E-state index contributed by atoms with van der Waals surface area (Å²) in [6.45, 7) is 7.50. The van der Waals surface area contributed by atoms with Crippen LogP contribution in [0.15, 0.2) is 39.5 Å². The molecule has 174 valence electrons. The van der Waals surface area contributed by atoms with Crippen LogP contribution < -0.4 is 20.4 Å². The number of hydrogen-bond donors (Lipinski definition) is 2. The van der Waals surface area contributed by atoms with Crippen molar-refractivity contribution in [1.82, 2.24) is 0 Å². The van der Waals surface area contributed by atoms with Gasteiger partial charge < -0.3 is 24.3 Å². The first-order chi connectivity index (χ1) is 15.6. The van der Waals surface area contributed by atoms with Crippen LogP contribution in [0.25, 0.3) is 11.0 Å². The molecule has 7 nitrogen and oxygen atoms in total. The molecule has 0 saturated carbocycles. The minimum absolute atomic E-state index is 0.146. The van der Waals surface area contributed by atoms with E-state index in [4.69, 9.17) is 13.9 Å². The van der Waals surface area contributed by atoms with Crippen LogP contribution in [-0.4, -0.2) is 23.7 Å². The van der Waals surface area contributed by atoms with Crippen LogP contribution >= 0.6 is 0 Å². The van der Waals surface area contributed by atoms with Gasteiger partial charge in [0, 0.05) is 17.3 Å². The molecule has 0 saturated heterocycles. The molecule has 1 aromatic heterocycles. The Bertz CT molecular complexity index is 1290. The summed E-state index contributed by atoms with van der Waals surface area (Å²) in [5, 5.41) is 13.2. The van der Waals surface area contributed by atoms with E-state index in [0.29, 0.717) is 45.7 Å². The Labute approximate surface area is 192 Å². The van der Waals surface area contributed by atoms with Gasteiger partial charge in [-0.2, -0.15) is 0 Å². The van der Waals surface area contributed by atoms with Gasteiger partial charge in [-0.3, -0.25) is 4.79 Å². The SMILES string of the molecule is COc1cc2c(c3oc(=O)c(CC(=O)Nc4cccc(C(C)O)c4)c(C)c13)CCC(C)(C)O2. The molecule has 0 fully saturated rings. The minimum Gasteiger partial charge on any atom is -0.496 e. The van der Waals surface area contributed by atoms with Crippen molar-refractivity contribution < 1.29 is 23.8 Å². The maximum Gasteiger partial charge on any atom is 0.340 e. The number of aliphatic hydroxyl groups is 1. The summed E-state index contributed by atoms with van der Waals surface area (Å²) in [6.07, 6.45) is 0.710. The number of carbonyl (C=O) groups is 1.